The summed E-state index contributed by atoms with van der Waals surface area (Å²) in [5.41, 5.74) is 3.36. The van der Waals surface area contributed by atoms with Crippen LogP contribution in [0.3, 0.4) is 0 Å². The molecule has 1 aromatic heterocycles. The molecular weight excluding hydrogens is 260 g/mol. The summed E-state index contributed by atoms with van der Waals surface area (Å²) in [5, 5.41) is 9.40. The number of nitrogens with zero attached hydrogens (tertiary/aromatic N) is 2. The predicted molar refractivity (Wildman–Crippen MR) is 85.4 cm³/mol. The van der Waals surface area contributed by atoms with Gasteiger partial charge in [0.05, 0.1) is 17.6 Å². The maximum atomic E-state index is 9.40. The Bertz CT molecular complexity index is 718. The van der Waals surface area contributed by atoms with Crippen molar-refractivity contribution in [2.45, 2.75) is 25.8 Å². The Morgan fingerprint density at radius 3 is 2.48 bits per heavy atom. The highest BCUT2D eigenvalue weighted by molar-refractivity contribution is 5.76. The third-order valence-electron chi connectivity index (χ3n) is 3.93. The SMILES string of the molecule is CCC(c1ccccc1)c1nc2ccccc2n1CCO. The highest BCUT2D eigenvalue weighted by atomic mass is 16.3. The van der Waals surface area contributed by atoms with Gasteiger partial charge in [0.2, 0.25) is 0 Å². The van der Waals surface area contributed by atoms with Crippen LogP contribution in [0.15, 0.2) is 54.6 Å². The normalized spacial score (nSPS) is 12.7. The molecule has 21 heavy (non-hydrogen) atoms. The van der Waals surface area contributed by atoms with Gasteiger partial charge < -0.3 is 9.67 Å². The first kappa shape index (κ1) is 13.8. The molecule has 3 aromatic rings. The van der Waals surface area contributed by atoms with Gasteiger partial charge in [0.25, 0.3) is 0 Å². The number of fused-ring (bicyclic) bond motifs is 1. The third kappa shape index (κ3) is 2.57. The van der Waals surface area contributed by atoms with Gasteiger partial charge in [-0.25, -0.2) is 4.98 Å². The molecule has 0 saturated carbocycles. The van der Waals surface area contributed by atoms with Crippen molar-refractivity contribution >= 4 is 11.0 Å². The second-order valence-corrected chi connectivity index (χ2v) is 5.21. The molecule has 1 N–H and O–H groups in total. The number of aliphatic hydroxyl groups is 1. The predicted octanol–water partition coefficient (Wildman–Crippen LogP) is 3.57. The molecule has 2 aromatic carbocycles. The van der Waals surface area contributed by atoms with Crippen LogP contribution in [0.5, 0.6) is 0 Å². The molecule has 1 unspecified atom stereocenters. The first-order valence-corrected chi connectivity index (χ1v) is 7.46. The zero-order chi connectivity index (χ0) is 14.7. The maximum absolute atomic E-state index is 9.40. The Kier molecular flexibility index (Phi) is 4.02. The zero-order valence-corrected chi connectivity index (χ0v) is 12.2. The Hall–Kier alpha value is -2.13. The Labute approximate surface area is 124 Å². The summed E-state index contributed by atoms with van der Waals surface area (Å²) < 4.78 is 2.15. The number of imidazole rings is 1. The second kappa shape index (κ2) is 6.10. The number of aliphatic hydroxyl groups excluding tert-OH is 1. The summed E-state index contributed by atoms with van der Waals surface area (Å²) in [6, 6.07) is 18.6. The molecule has 0 amide bonds. The molecule has 3 rings (SSSR count). The van der Waals surface area contributed by atoms with Gasteiger partial charge in [-0.2, -0.15) is 0 Å². The van der Waals surface area contributed by atoms with Crippen molar-refractivity contribution in [2.24, 2.45) is 0 Å². The van der Waals surface area contributed by atoms with Gasteiger partial charge in [0, 0.05) is 12.5 Å². The standard InChI is InChI=1S/C18H20N2O/c1-2-15(14-8-4-3-5-9-14)18-19-16-10-6-7-11-17(16)20(18)12-13-21/h3-11,15,21H,2,12-13H2,1H3. The minimum Gasteiger partial charge on any atom is -0.395 e. The average Bonchev–Trinajstić information content (AvgIpc) is 2.89. The van der Waals surface area contributed by atoms with E-state index in [9.17, 15) is 5.11 Å². The van der Waals surface area contributed by atoms with Gasteiger partial charge in [0.1, 0.15) is 5.82 Å². The highest BCUT2D eigenvalue weighted by Crippen LogP contribution is 2.29. The summed E-state index contributed by atoms with van der Waals surface area (Å²) in [5.74, 6) is 1.30. The lowest BCUT2D eigenvalue weighted by atomic mass is 9.95. The molecule has 0 aliphatic heterocycles. The quantitative estimate of drug-likeness (QED) is 0.776. The number of hydrogen-bond donors (Lipinski definition) is 1. The van der Waals surface area contributed by atoms with Crippen LogP contribution < -0.4 is 0 Å². The Morgan fingerprint density at radius 2 is 1.76 bits per heavy atom. The van der Waals surface area contributed by atoms with E-state index in [-0.39, 0.29) is 12.5 Å². The maximum Gasteiger partial charge on any atom is 0.117 e. The molecule has 1 atom stereocenters. The molecule has 108 valence electrons. The van der Waals surface area contributed by atoms with Crippen LogP contribution >= 0.6 is 0 Å². The lowest BCUT2D eigenvalue weighted by Gasteiger charge is -2.17. The van der Waals surface area contributed by atoms with E-state index in [1.54, 1.807) is 0 Å². The van der Waals surface area contributed by atoms with E-state index in [0.717, 1.165) is 23.3 Å². The average molecular weight is 280 g/mol. The van der Waals surface area contributed by atoms with Crippen molar-refractivity contribution < 1.29 is 5.11 Å². The van der Waals surface area contributed by atoms with Crippen molar-refractivity contribution in [3.63, 3.8) is 0 Å². The van der Waals surface area contributed by atoms with E-state index in [0.29, 0.717) is 6.54 Å². The fourth-order valence-electron chi connectivity index (χ4n) is 2.95. The van der Waals surface area contributed by atoms with Crippen LogP contribution in [0.2, 0.25) is 0 Å². The summed E-state index contributed by atoms with van der Waals surface area (Å²) >= 11 is 0. The lowest BCUT2D eigenvalue weighted by Crippen LogP contribution is -2.12. The second-order valence-electron chi connectivity index (χ2n) is 5.21. The fraction of sp³-hybridized carbons (Fsp3) is 0.278. The number of hydrogen-bond acceptors (Lipinski definition) is 2. The van der Waals surface area contributed by atoms with E-state index < -0.39 is 0 Å². The van der Waals surface area contributed by atoms with Gasteiger partial charge in [-0.3, -0.25) is 0 Å². The van der Waals surface area contributed by atoms with Crippen LogP contribution in [0.25, 0.3) is 11.0 Å². The van der Waals surface area contributed by atoms with Gasteiger partial charge in [0.15, 0.2) is 0 Å². The zero-order valence-electron chi connectivity index (χ0n) is 12.2. The van der Waals surface area contributed by atoms with Crippen LogP contribution in [0, 0.1) is 0 Å². The summed E-state index contributed by atoms with van der Waals surface area (Å²) in [7, 11) is 0. The van der Waals surface area contributed by atoms with Gasteiger partial charge in [-0.15, -0.1) is 0 Å². The summed E-state index contributed by atoms with van der Waals surface area (Å²) in [4.78, 5) is 4.83. The topological polar surface area (TPSA) is 38.0 Å². The molecular formula is C18H20N2O. The van der Waals surface area contributed by atoms with Crippen molar-refractivity contribution in [1.82, 2.24) is 9.55 Å². The molecule has 0 aliphatic carbocycles. The first-order valence-electron chi connectivity index (χ1n) is 7.46. The summed E-state index contributed by atoms with van der Waals surface area (Å²) in [6.45, 7) is 2.89. The van der Waals surface area contributed by atoms with Gasteiger partial charge in [-0.1, -0.05) is 49.4 Å². The van der Waals surface area contributed by atoms with Crippen molar-refractivity contribution in [3.8, 4) is 0 Å². The van der Waals surface area contributed by atoms with Crippen LogP contribution in [0.1, 0.15) is 30.7 Å². The van der Waals surface area contributed by atoms with E-state index in [2.05, 4.69) is 41.8 Å². The van der Waals surface area contributed by atoms with Gasteiger partial charge >= 0.3 is 0 Å². The van der Waals surface area contributed by atoms with Crippen LogP contribution in [-0.4, -0.2) is 21.3 Å². The molecule has 0 aliphatic rings. The Balaban J connectivity index is 2.15. The summed E-state index contributed by atoms with van der Waals surface area (Å²) in [6.07, 6.45) is 0.985. The largest absolute Gasteiger partial charge is 0.395 e. The van der Waals surface area contributed by atoms with Crippen molar-refractivity contribution in [3.05, 3.63) is 66.0 Å². The van der Waals surface area contributed by atoms with Crippen LogP contribution in [0.4, 0.5) is 0 Å². The first-order chi connectivity index (χ1) is 10.3. The molecule has 0 bridgehead atoms. The van der Waals surface area contributed by atoms with Crippen LogP contribution in [-0.2, 0) is 6.54 Å². The van der Waals surface area contributed by atoms with E-state index in [1.165, 1.54) is 5.56 Å². The molecule has 3 nitrogen and oxygen atoms in total. The number of aromatic nitrogens is 2. The molecule has 0 radical (unpaired) electrons. The van der Waals surface area contributed by atoms with E-state index >= 15 is 0 Å². The number of benzene rings is 2. The minimum atomic E-state index is 0.124. The van der Waals surface area contributed by atoms with Gasteiger partial charge in [-0.05, 0) is 24.1 Å². The fourth-order valence-corrected chi connectivity index (χ4v) is 2.95. The minimum absolute atomic E-state index is 0.124. The third-order valence-corrected chi connectivity index (χ3v) is 3.93. The molecule has 0 saturated heterocycles. The monoisotopic (exact) mass is 280 g/mol. The van der Waals surface area contributed by atoms with Crippen molar-refractivity contribution in [2.75, 3.05) is 6.61 Å². The molecule has 3 heteroatoms. The van der Waals surface area contributed by atoms with E-state index in [1.807, 2.05) is 24.3 Å². The van der Waals surface area contributed by atoms with Crippen molar-refractivity contribution in [1.29, 1.82) is 0 Å². The Morgan fingerprint density at radius 1 is 1.05 bits per heavy atom. The van der Waals surface area contributed by atoms with E-state index in [4.69, 9.17) is 4.98 Å². The molecule has 0 spiro atoms. The molecule has 1 heterocycles. The lowest BCUT2D eigenvalue weighted by molar-refractivity contribution is 0.275. The number of rotatable bonds is 5. The smallest absolute Gasteiger partial charge is 0.117 e. The highest BCUT2D eigenvalue weighted by Gasteiger charge is 2.20. The molecule has 0 fully saturated rings. The number of para-hydroxylation sites is 2.